The Kier molecular flexibility index (Phi) is 5.91. The molecular formula is C23H22ClFN4O4S. The topological polar surface area (TPSA) is 104 Å². The van der Waals surface area contributed by atoms with Crippen LogP contribution in [0.4, 0.5) is 4.39 Å². The van der Waals surface area contributed by atoms with E-state index >= 15 is 0 Å². The van der Waals surface area contributed by atoms with Gasteiger partial charge < -0.3 is 15.2 Å². The Morgan fingerprint density at radius 3 is 2.82 bits per heavy atom. The fourth-order valence-corrected chi connectivity index (χ4v) is 5.62. The molecule has 1 saturated heterocycles. The van der Waals surface area contributed by atoms with Crippen molar-refractivity contribution < 1.29 is 23.8 Å². The highest BCUT2D eigenvalue weighted by molar-refractivity contribution is 7.11. The van der Waals surface area contributed by atoms with Crippen LogP contribution < -0.4 is 5.32 Å². The van der Waals surface area contributed by atoms with Crippen molar-refractivity contribution in [1.82, 2.24) is 15.2 Å². The highest BCUT2D eigenvalue weighted by atomic mass is 35.5. The van der Waals surface area contributed by atoms with Gasteiger partial charge in [0.2, 0.25) is 0 Å². The molecule has 8 nitrogen and oxygen atoms in total. The number of halogens is 2. The lowest BCUT2D eigenvalue weighted by atomic mass is 9.95. The SMILES string of the molecule is COC(=O)C1=C(CN2CC3(CC3)C[C@H]2C(=O)O)NC(c2nccs2)=N[C@H]1c1ccc(F)cc1Cl. The molecule has 1 aliphatic carbocycles. The number of benzene rings is 1. The average molecular weight is 505 g/mol. The number of nitrogens with zero attached hydrogens (tertiary/aromatic N) is 3. The standard InChI is InChI=1S/C23H22ClFN4O4S/c1-33-22(32)17-15(10-29-11-23(4-5-23)9-16(29)21(30)31)27-19(20-26-6-7-34-20)28-18(17)13-3-2-12(25)8-14(13)24/h2-3,6-8,16,18H,4-5,9-11H2,1H3,(H,27,28)(H,30,31)/t16-,18-/m0/s1. The molecule has 0 unspecified atom stereocenters. The summed E-state index contributed by atoms with van der Waals surface area (Å²) in [5.74, 6) is -1.59. The lowest BCUT2D eigenvalue weighted by molar-refractivity contribution is -0.142. The maximum atomic E-state index is 13.8. The van der Waals surface area contributed by atoms with Gasteiger partial charge in [-0.3, -0.25) is 14.7 Å². The number of aliphatic imine (C=N–C) groups is 1. The Bertz CT molecular complexity index is 1210. The van der Waals surface area contributed by atoms with Crippen LogP contribution in [0, 0.1) is 11.2 Å². The van der Waals surface area contributed by atoms with Gasteiger partial charge in [0.25, 0.3) is 0 Å². The third-order valence-corrected chi connectivity index (χ3v) is 7.74. The molecule has 1 aromatic heterocycles. The number of amidine groups is 1. The van der Waals surface area contributed by atoms with Crippen LogP contribution in [-0.2, 0) is 14.3 Å². The van der Waals surface area contributed by atoms with Crippen LogP contribution in [0.3, 0.4) is 0 Å². The van der Waals surface area contributed by atoms with E-state index in [0.717, 1.165) is 12.8 Å². The van der Waals surface area contributed by atoms with Gasteiger partial charge in [-0.1, -0.05) is 17.7 Å². The number of rotatable bonds is 6. The van der Waals surface area contributed by atoms with E-state index in [0.29, 0.717) is 35.1 Å². The van der Waals surface area contributed by atoms with Gasteiger partial charge in [-0.05, 0) is 36.8 Å². The Hall–Kier alpha value is -2.82. The van der Waals surface area contributed by atoms with Crippen LogP contribution in [0.5, 0.6) is 0 Å². The number of methoxy groups -OCH3 is 1. The fourth-order valence-electron chi connectivity index (χ4n) is 4.76. The Morgan fingerprint density at radius 1 is 1.41 bits per heavy atom. The van der Waals surface area contributed by atoms with E-state index in [2.05, 4.69) is 10.3 Å². The van der Waals surface area contributed by atoms with Gasteiger partial charge in [0.05, 0.1) is 12.7 Å². The van der Waals surface area contributed by atoms with Gasteiger partial charge in [0.1, 0.15) is 17.9 Å². The molecule has 3 heterocycles. The van der Waals surface area contributed by atoms with Gasteiger partial charge >= 0.3 is 11.9 Å². The van der Waals surface area contributed by atoms with Crippen LogP contribution in [0.15, 0.2) is 46.0 Å². The van der Waals surface area contributed by atoms with Gasteiger partial charge in [0.15, 0.2) is 10.8 Å². The van der Waals surface area contributed by atoms with Crippen molar-refractivity contribution in [2.24, 2.45) is 10.4 Å². The van der Waals surface area contributed by atoms with Crippen molar-refractivity contribution in [3.63, 3.8) is 0 Å². The molecule has 0 radical (unpaired) electrons. The van der Waals surface area contributed by atoms with Gasteiger partial charge in [-0.25, -0.2) is 14.2 Å². The van der Waals surface area contributed by atoms with Gasteiger partial charge in [-0.15, -0.1) is 11.3 Å². The highest BCUT2D eigenvalue weighted by Crippen LogP contribution is 2.55. The molecule has 5 rings (SSSR count). The summed E-state index contributed by atoms with van der Waals surface area (Å²) >= 11 is 7.74. The zero-order chi connectivity index (χ0) is 24.0. The van der Waals surface area contributed by atoms with E-state index in [1.807, 2.05) is 4.90 Å². The number of esters is 1. The summed E-state index contributed by atoms with van der Waals surface area (Å²) in [4.78, 5) is 35.9. The molecule has 1 spiro atoms. The minimum Gasteiger partial charge on any atom is -0.480 e. The summed E-state index contributed by atoms with van der Waals surface area (Å²) in [6.07, 6.45) is 4.23. The number of carboxylic acid groups (broad SMARTS) is 1. The first kappa shape index (κ1) is 22.9. The van der Waals surface area contributed by atoms with E-state index in [-0.39, 0.29) is 22.6 Å². The average Bonchev–Trinajstić information content (AvgIpc) is 3.19. The van der Waals surface area contributed by atoms with E-state index in [1.54, 1.807) is 11.6 Å². The van der Waals surface area contributed by atoms with E-state index in [1.165, 1.54) is 36.6 Å². The van der Waals surface area contributed by atoms with Gasteiger partial charge in [-0.2, -0.15) is 0 Å². The first-order valence-electron chi connectivity index (χ1n) is 10.8. The summed E-state index contributed by atoms with van der Waals surface area (Å²) in [7, 11) is 1.27. The van der Waals surface area contributed by atoms with Crippen LogP contribution in [-0.4, -0.2) is 59.0 Å². The molecule has 2 atom stereocenters. The summed E-state index contributed by atoms with van der Waals surface area (Å²) in [5, 5.41) is 15.6. The maximum Gasteiger partial charge on any atom is 0.338 e. The molecule has 2 aliphatic heterocycles. The first-order chi connectivity index (χ1) is 16.3. The molecule has 2 aromatic rings. The molecule has 2 fully saturated rings. The number of hydrogen-bond donors (Lipinski definition) is 2. The summed E-state index contributed by atoms with van der Waals surface area (Å²) in [6.45, 7) is 0.818. The minimum absolute atomic E-state index is 0.0373. The third kappa shape index (κ3) is 4.21. The van der Waals surface area contributed by atoms with E-state index < -0.39 is 29.8 Å². The van der Waals surface area contributed by atoms with Gasteiger partial charge in [0, 0.05) is 40.9 Å². The zero-order valence-electron chi connectivity index (χ0n) is 18.3. The number of aliphatic carboxylic acids is 1. The molecule has 2 N–H and O–H groups in total. The monoisotopic (exact) mass is 504 g/mol. The maximum absolute atomic E-state index is 13.8. The van der Waals surface area contributed by atoms with E-state index in [9.17, 15) is 19.1 Å². The van der Waals surface area contributed by atoms with Crippen molar-refractivity contribution in [2.45, 2.75) is 31.3 Å². The predicted octanol–water partition coefficient (Wildman–Crippen LogP) is 3.39. The summed E-state index contributed by atoms with van der Waals surface area (Å²) in [5.41, 5.74) is 1.15. The summed E-state index contributed by atoms with van der Waals surface area (Å²) < 4.78 is 18.9. The molecule has 178 valence electrons. The lowest BCUT2D eigenvalue weighted by Gasteiger charge is -2.30. The number of hydrogen-bond acceptors (Lipinski definition) is 8. The van der Waals surface area contributed by atoms with Crippen LogP contribution in [0.1, 0.15) is 35.9 Å². The fraction of sp³-hybridized carbons (Fsp3) is 0.391. The van der Waals surface area contributed by atoms with Crippen molar-refractivity contribution in [3.05, 3.63) is 62.5 Å². The molecule has 1 aromatic carbocycles. The first-order valence-corrected chi connectivity index (χ1v) is 12.0. The number of carboxylic acids is 1. The molecule has 34 heavy (non-hydrogen) atoms. The Morgan fingerprint density at radius 2 is 2.21 bits per heavy atom. The second-order valence-electron chi connectivity index (χ2n) is 8.86. The number of carbonyl (C=O) groups is 2. The molecule has 0 bridgehead atoms. The smallest absolute Gasteiger partial charge is 0.338 e. The van der Waals surface area contributed by atoms with Crippen molar-refractivity contribution in [2.75, 3.05) is 20.2 Å². The zero-order valence-corrected chi connectivity index (χ0v) is 19.8. The minimum atomic E-state index is -0.883. The number of nitrogens with one attached hydrogen (secondary N) is 1. The number of aromatic nitrogens is 1. The normalized spacial score (nSPS) is 23.6. The predicted molar refractivity (Wildman–Crippen MR) is 124 cm³/mol. The second-order valence-corrected chi connectivity index (χ2v) is 10.2. The second kappa shape index (κ2) is 8.75. The number of carbonyl (C=O) groups excluding carboxylic acids is 1. The molecule has 11 heteroatoms. The Balaban J connectivity index is 1.60. The van der Waals surface area contributed by atoms with Crippen LogP contribution >= 0.6 is 22.9 Å². The van der Waals surface area contributed by atoms with E-state index in [4.69, 9.17) is 21.3 Å². The van der Waals surface area contributed by atoms with Crippen molar-refractivity contribution in [1.29, 1.82) is 0 Å². The molecule has 1 saturated carbocycles. The quantitative estimate of drug-likeness (QED) is 0.581. The number of thiazole rings is 1. The van der Waals surface area contributed by atoms with Crippen molar-refractivity contribution in [3.8, 4) is 0 Å². The summed E-state index contributed by atoms with van der Waals surface area (Å²) in [6, 6.07) is 2.40. The highest BCUT2D eigenvalue weighted by Gasteiger charge is 2.54. The third-order valence-electron chi connectivity index (χ3n) is 6.63. The Labute approximate surface area is 204 Å². The van der Waals surface area contributed by atoms with Crippen LogP contribution in [0.2, 0.25) is 5.02 Å². The number of ether oxygens (including phenoxy) is 1. The lowest BCUT2D eigenvalue weighted by Crippen LogP contribution is -2.43. The largest absolute Gasteiger partial charge is 0.480 e. The number of likely N-dealkylation sites (tertiary alicyclic amines) is 1. The van der Waals surface area contributed by atoms with Crippen molar-refractivity contribution >= 4 is 40.7 Å². The molecule has 3 aliphatic rings. The van der Waals surface area contributed by atoms with Crippen LogP contribution in [0.25, 0.3) is 0 Å². The molecule has 0 amide bonds. The molecular weight excluding hydrogens is 483 g/mol.